The molecule has 1 saturated carbocycles. The van der Waals surface area contributed by atoms with Crippen molar-refractivity contribution in [3.05, 3.63) is 30.3 Å². The first-order valence-electron chi connectivity index (χ1n) is 20.7. The lowest BCUT2D eigenvalue weighted by molar-refractivity contribution is -0.119. The Balaban J connectivity index is 1.04. The number of Topliss-reactive ketones (excluding diaryl/α,β-unsaturated/α-hetero) is 1. The second-order valence-corrected chi connectivity index (χ2v) is 17.5. The van der Waals surface area contributed by atoms with Crippen molar-refractivity contribution in [2.75, 3.05) is 0 Å². The number of ketones is 1. The number of unbranched alkanes of at least 4 members (excludes halogenated alkanes) is 10. The fraction of sp³-hybridized carbons (Fsp3) is 0.756. The largest absolute Gasteiger partial charge is 0.390 e. The fourth-order valence-electron chi connectivity index (χ4n) is 8.45. The number of ether oxygens (including phenoxy) is 2. The topological polar surface area (TPSA) is 76.0 Å². The van der Waals surface area contributed by atoms with Crippen LogP contribution in [0.25, 0.3) is 0 Å². The van der Waals surface area contributed by atoms with Gasteiger partial charge in [0.1, 0.15) is 5.78 Å². The second kappa shape index (κ2) is 23.1. The summed E-state index contributed by atoms with van der Waals surface area (Å²) in [6, 6.07) is 10.4. The Morgan fingerprint density at radius 3 is 2.08 bits per heavy atom. The van der Waals surface area contributed by atoms with Crippen molar-refractivity contribution < 1.29 is 24.5 Å². The normalized spacial score (nSPS) is 27.8. The highest BCUT2D eigenvalue weighted by Crippen LogP contribution is 2.49. The minimum Gasteiger partial charge on any atom is -0.390 e. The van der Waals surface area contributed by atoms with E-state index in [9.17, 15) is 15.0 Å². The molecule has 0 radical (unpaired) electrons. The number of benzene rings is 1. The lowest BCUT2D eigenvalue weighted by Gasteiger charge is -2.30. The van der Waals surface area contributed by atoms with Gasteiger partial charge in [-0.3, -0.25) is 4.79 Å². The molecule has 0 amide bonds. The molecule has 2 N–H and O–H groups in total. The lowest BCUT2D eigenvalue weighted by Crippen LogP contribution is -2.33. The number of rotatable bonds is 22. The Kier molecular flexibility index (Phi) is 19.0. The Morgan fingerprint density at radius 1 is 0.804 bits per heavy atom. The number of hydrogen-bond acceptors (Lipinski definition) is 6. The van der Waals surface area contributed by atoms with E-state index in [0.717, 1.165) is 83.5 Å². The third-order valence-electron chi connectivity index (χ3n) is 11.3. The minimum absolute atomic E-state index is 0.0103. The van der Waals surface area contributed by atoms with Gasteiger partial charge in [0.15, 0.2) is 0 Å². The van der Waals surface area contributed by atoms with Crippen molar-refractivity contribution in [3.8, 4) is 23.7 Å². The SMILES string of the molecule is CCCCCCCCCC[C@@H](O)[C@@H]1CC[C@@H]([C@@H]2CC[C@@H]([C@@H](O)CC#CC#CCCCCC[C@H](C)C[C@]3(Sc4ccccc4)C[C@@H](C)CC3=O)O2)O1. The van der Waals surface area contributed by atoms with E-state index < -0.39 is 6.10 Å². The molecule has 1 aromatic rings. The molecule has 0 bridgehead atoms. The molecular weight excluding hydrogens is 653 g/mol. The summed E-state index contributed by atoms with van der Waals surface area (Å²) >= 11 is 1.80. The van der Waals surface area contributed by atoms with Gasteiger partial charge in [0, 0.05) is 24.2 Å². The average Bonchev–Trinajstić information content (AvgIpc) is 3.86. The lowest BCUT2D eigenvalue weighted by atomic mass is 9.89. The van der Waals surface area contributed by atoms with Crippen LogP contribution in [-0.4, -0.2) is 57.4 Å². The summed E-state index contributed by atoms with van der Waals surface area (Å²) in [4.78, 5) is 14.3. The zero-order valence-corrected chi connectivity index (χ0v) is 32.9. The zero-order valence-electron chi connectivity index (χ0n) is 32.1. The summed E-state index contributed by atoms with van der Waals surface area (Å²) in [5.41, 5.74) is 0. The summed E-state index contributed by atoms with van der Waals surface area (Å²) in [6.45, 7) is 6.78. The Bertz CT molecular complexity index is 1260. The maximum Gasteiger partial charge on any atom is 0.149 e. The van der Waals surface area contributed by atoms with Gasteiger partial charge in [-0.25, -0.2) is 0 Å². The molecule has 5 nitrogen and oxygen atoms in total. The predicted octanol–water partition coefficient (Wildman–Crippen LogP) is 10.2. The molecule has 2 aliphatic heterocycles. The number of carbonyl (C=O) groups excluding carboxylic acids is 1. The summed E-state index contributed by atoms with van der Waals surface area (Å²) < 4.78 is 12.2. The van der Waals surface area contributed by atoms with Gasteiger partial charge in [-0.05, 0) is 87.2 Å². The molecule has 1 aliphatic carbocycles. The van der Waals surface area contributed by atoms with E-state index in [-0.39, 0.29) is 35.3 Å². The first-order valence-corrected chi connectivity index (χ1v) is 21.5. The summed E-state index contributed by atoms with van der Waals surface area (Å²) in [6.07, 6.45) is 21.5. The highest BCUT2D eigenvalue weighted by Gasteiger charge is 2.46. The molecule has 2 heterocycles. The first kappa shape index (κ1) is 41.9. The van der Waals surface area contributed by atoms with Crippen LogP contribution in [0.2, 0.25) is 0 Å². The van der Waals surface area contributed by atoms with E-state index in [1.165, 1.54) is 49.8 Å². The standard InChI is InChI=1S/C45H68O5S/c1-4-5-6-7-8-12-15-21-26-38(46)40-28-30-42(49-40)43-31-29-41(50-43)39(47)27-22-16-13-10-9-11-14-18-23-35(2)33-45(34-36(3)32-44(45)48)51-37-24-19-17-20-25-37/h17,19-20,24-25,35-36,38-43,46-47H,4-9,11-12,14-15,18,21,23,26-34H2,1-3H3/t35-,36-,38+,39-,40-,41-,42-,43-,45-/m0/s1. The van der Waals surface area contributed by atoms with Crippen molar-refractivity contribution in [1.29, 1.82) is 0 Å². The van der Waals surface area contributed by atoms with Gasteiger partial charge in [0.25, 0.3) is 0 Å². The highest BCUT2D eigenvalue weighted by atomic mass is 32.2. The summed E-state index contributed by atoms with van der Waals surface area (Å²) in [5, 5.41) is 21.4. The molecule has 3 fully saturated rings. The molecule has 0 aromatic heterocycles. The van der Waals surface area contributed by atoms with Crippen molar-refractivity contribution in [3.63, 3.8) is 0 Å². The van der Waals surface area contributed by atoms with Gasteiger partial charge in [-0.15, -0.1) is 11.8 Å². The van der Waals surface area contributed by atoms with Gasteiger partial charge in [0.2, 0.25) is 0 Å². The van der Waals surface area contributed by atoms with Crippen molar-refractivity contribution in [2.45, 2.75) is 208 Å². The fourth-order valence-corrected chi connectivity index (χ4v) is 10.1. The van der Waals surface area contributed by atoms with Crippen LogP contribution >= 0.6 is 11.8 Å². The number of carbonyl (C=O) groups is 1. The monoisotopic (exact) mass is 720 g/mol. The van der Waals surface area contributed by atoms with Gasteiger partial charge in [0.05, 0.1) is 41.4 Å². The molecule has 4 rings (SSSR count). The maximum absolute atomic E-state index is 13.1. The minimum atomic E-state index is -0.621. The van der Waals surface area contributed by atoms with Crippen LogP contribution in [0.5, 0.6) is 0 Å². The first-order chi connectivity index (χ1) is 24.8. The Hall–Kier alpha value is -1.80. The third kappa shape index (κ3) is 14.5. The highest BCUT2D eigenvalue weighted by molar-refractivity contribution is 8.01. The van der Waals surface area contributed by atoms with Crippen LogP contribution in [0.15, 0.2) is 35.2 Å². The molecule has 1 aromatic carbocycles. The molecular formula is C45H68O5S. The number of aliphatic hydroxyl groups is 2. The van der Waals surface area contributed by atoms with Gasteiger partial charge >= 0.3 is 0 Å². The van der Waals surface area contributed by atoms with Crippen LogP contribution in [0.1, 0.15) is 162 Å². The van der Waals surface area contributed by atoms with E-state index in [4.69, 9.17) is 9.47 Å². The van der Waals surface area contributed by atoms with Crippen LogP contribution in [0.3, 0.4) is 0 Å². The van der Waals surface area contributed by atoms with Crippen LogP contribution < -0.4 is 0 Å². The number of thioether (sulfide) groups is 1. The van der Waals surface area contributed by atoms with Crippen LogP contribution in [-0.2, 0) is 14.3 Å². The second-order valence-electron chi connectivity index (χ2n) is 16.0. The van der Waals surface area contributed by atoms with E-state index >= 15 is 0 Å². The molecule has 284 valence electrons. The predicted molar refractivity (Wildman–Crippen MR) is 211 cm³/mol. The van der Waals surface area contributed by atoms with E-state index in [1.54, 1.807) is 11.8 Å². The smallest absolute Gasteiger partial charge is 0.149 e. The summed E-state index contributed by atoms with van der Waals surface area (Å²) in [5.74, 6) is 13.5. The Labute approximate surface area is 315 Å². The molecule has 51 heavy (non-hydrogen) atoms. The molecule has 6 heteroatoms. The number of aliphatic hydroxyl groups excluding tert-OH is 2. The Morgan fingerprint density at radius 2 is 1.41 bits per heavy atom. The van der Waals surface area contributed by atoms with Crippen molar-refractivity contribution in [1.82, 2.24) is 0 Å². The van der Waals surface area contributed by atoms with E-state index in [0.29, 0.717) is 30.5 Å². The molecule has 9 atom stereocenters. The van der Waals surface area contributed by atoms with Crippen LogP contribution in [0.4, 0.5) is 0 Å². The van der Waals surface area contributed by atoms with Crippen LogP contribution in [0, 0.1) is 35.5 Å². The molecule has 3 aliphatic rings. The quantitative estimate of drug-likeness (QED) is 0.0918. The van der Waals surface area contributed by atoms with Gasteiger partial charge in [-0.1, -0.05) is 121 Å². The summed E-state index contributed by atoms with van der Waals surface area (Å²) in [7, 11) is 0. The van der Waals surface area contributed by atoms with E-state index in [2.05, 4.69) is 68.7 Å². The average molecular weight is 721 g/mol. The molecule has 2 saturated heterocycles. The third-order valence-corrected chi connectivity index (χ3v) is 12.8. The molecule has 0 unspecified atom stereocenters. The van der Waals surface area contributed by atoms with Crippen molar-refractivity contribution in [2.24, 2.45) is 11.8 Å². The van der Waals surface area contributed by atoms with Gasteiger partial charge in [-0.2, -0.15) is 0 Å². The molecule has 0 spiro atoms. The maximum atomic E-state index is 13.1. The van der Waals surface area contributed by atoms with E-state index in [1.807, 2.05) is 6.07 Å². The van der Waals surface area contributed by atoms with Gasteiger partial charge < -0.3 is 19.7 Å². The zero-order chi connectivity index (χ0) is 36.3. The number of hydrogen-bond donors (Lipinski definition) is 2. The van der Waals surface area contributed by atoms with Crippen molar-refractivity contribution >= 4 is 17.5 Å².